The van der Waals surface area contributed by atoms with Gasteiger partial charge in [0.2, 0.25) is 0 Å². The molecule has 0 bridgehead atoms. The summed E-state index contributed by atoms with van der Waals surface area (Å²) in [7, 11) is 0. The Balaban J connectivity index is 2.03. The number of benzene rings is 2. The van der Waals surface area contributed by atoms with E-state index in [-0.39, 0.29) is 11.6 Å². The summed E-state index contributed by atoms with van der Waals surface area (Å²) < 4.78 is 25.9. The molecule has 0 spiro atoms. The Morgan fingerprint density at radius 3 is 2.37 bits per heavy atom. The lowest BCUT2D eigenvalue weighted by Gasteiger charge is -2.08. The van der Waals surface area contributed by atoms with Crippen molar-refractivity contribution in [1.29, 1.82) is 0 Å². The van der Waals surface area contributed by atoms with Crippen LogP contribution >= 0.6 is 0 Å². The number of nitrogens with one attached hydrogen (secondary N) is 1. The van der Waals surface area contributed by atoms with Crippen LogP contribution in [0.2, 0.25) is 0 Å². The molecule has 5 heteroatoms. The van der Waals surface area contributed by atoms with Crippen LogP contribution < -0.4 is 5.32 Å². The summed E-state index contributed by atoms with van der Waals surface area (Å²) in [6.45, 7) is 0. The molecule has 0 aliphatic carbocycles. The minimum absolute atomic E-state index is 0.305. The topological polar surface area (TPSA) is 37.8 Å². The van der Waals surface area contributed by atoms with Crippen molar-refractivity contribution in [3.05, 3.63) is 60.4 Å². The van der Waals surface area contributed by atoms with Crippen LogP contribution in [0.3, 0.4) is 0 Å². The third kappa shape index (κ3) is 2.35. The Morgan fingerprint density at radius 2 is 1.58 bits per heavy atom. The van der Waals surface area contributed by atoms with Gasteiger partial charge < -0.3 is 5.32 Å². The molecule has 0 saturated heterocycles. The van der Waals surface area contributed by atoms with E-state index in [1.165, 1.54) is 30.6 Å². The van der Waals surface area contributed by atoms with Crippen LogP contribution in [0.1, 0.15) is 0 Å². The molecule has 0 amide bonds. The van der Waals surface area contributed by atoms with Crippen molar-refractivity contribution in [2.75, 3.05) is 5.32 Å². The molecule has 1 heterocycles. The second-order valence-electron chi connectivity index (χ2n) is 4.02. The Bertz CT molecular complexity index is 726. The van der Waals surface area contributed by atoms with E-state index in [0.29, 0.717) is 22.4 Å². The quantitative estimate of drug-likeness (QED) is 0.761. The van der Waals surface area contributed by atoms with E-state index in [1.807, 2.05) is 0 Å². The lowest BCUT2D eigenvalue weighted by Crippen LogP contribution is -1.96. The Hall–Kier alpha value is -2.56. The highest BCUT2D eigenvalue weighted by atomic mass is 19.1. The van der Waals surface area contributed by atoms with E-state index >= 15 is 0 Å². The molecule has 0 saturated carbocycles. The highest BCUT2D eigenvalue weighted by molar-refractivity contribution is 5.90. The molecule has 0 fully saturated rings. The zero-order valence-corrected chi connectivity index (χ0v) is 9.77. The molecule has 0 unspecified atom stereocenters. The largest absolute Gasteiger partial charge is 0.340 e. The lowest BCUT2D eigenvalue weighted by molar-refractivity contribution is 0.628. The molecule has 2 aromatic carbocycles. The highest BCUT2D eigenvalue weighted by Crippen LogP contribution is 2.23. The molecule has 3 aromatic rings. The Kier molecular flexibility index (Phi) is 2.79. The third-order valence-electron chi connectivity index (χ3n) is 2.71. The summed E-state index contributed by atoms with van der Waals surface area (Å²) in [4.78, 5) is 8.12. The average Bonchev–Trinajstić information content (AvgIpc) is 2.41. The maximum atomic E-state index is 13.1. The normalized spacial score (nSPS) is 10.6. The summed E-state index contributed by atoms with van der Waals surface area (Å²) in [5, 5.41) is 3.76. The van der Waals surface area contributed by atoms with Crippen LogP contribution in [0.25, 0.3) is 10.9 Å². The van der Waals surface area contributed by atoms with E-state index in [0.717, 1.165) is 0 Å². The van der Waals surface area contributed by atoms with Crippen molar-refractivity contribution in [3.8, 4) is 0 Å². The summed E-state index contributed by atoms with van der Waals surface area (Å²) in [6.07, 6.45) is 1.35. The molecular formula is C14H9F2N3. The van der Waals surface area contributed by atoms with Crippen molar-refractivity contribution in [1.82, 2.24) is 9.97 Å². The van der Waals surface area contributed by atoms with Gasteiger partial charge in [0.25, 0.3) is 0 Å². The van der Waals surface area contributed by atoms with Gasteiger partial charge in [-0.3, -0.25) is 0 Å². The van der Waals surface area contributed by atoms with Crippen LogP contribution in [0.4, 0.5) is 20.3 Å². The van der Waals surface area contributed by atoms with E-state index in [4.69, 9.17) is 0 Å². The Morgan fingerprint density at radius 1 is 0.842 bits per heavy atom. The fourth-order valence-corrected chi connectivity index (χ4v) is 1.80. The van der Waals surface area contributed by atoms with Gasteiger partial charge in [-0.05, 0) is 36.4 Å². The molecule has 0 atom stereocenters. The van der Waals surface area contributed by atoms with E-state index in [2.05, 4.69) is 15.3 Å². The summed E-state index contributed by atoms with van der Waals surface area (Å²) in [5.41, 5.74) is 1.21. The number of rotatable bonds is 2. The maximum Gasteiger partial charge on any atom is 0.141 e. The molecule has 0 radical (unpaired) electrons. The van der Waals surface area contributed by atoms with Gasteiger partial charge in [-0.15, -0.1) is 0 Å². The zero-order chi connectivity index (χ0) is 13.2. The van der Waals surface area contributed by atoms with Crippen molar-refractivity contribution in [3.63, 3.8) is 0 Å². The summed E-state index contributed by atoms with van der Waals surface area (Å²) >= 11 is 0. The maximum absolute atomic E-state index is 13.1. The predicted molar refractivity (Wildman–Crippen MR) is 69.2 cm³/mol. The molecule has 94 valence electrons. The van der Waals surface area contributed by atoms with Gasteiger partial charge in [0.05, 0.1) is 5.52 Å². The molecule has 0 aliphatic heterocycles. The standard InChI is InChI=1S/C14H9F2N3/c15-9-1-4-11(5-2-9)19-14-12-6-3-10(16)7-13(12)17-8-18-14/h1-8H,(H,17,18,19). The predicted octanol–water partition coefficient (Wildman–Crippen LogP) is 3.65. The summed E-state index contributed by atoms with van der Waals surface area (Å²) in [5.74, 6) is -0.101. The fourth-order valence-electron chi connectivity index (χ4n) is 1.80. The minimum atomic E-state index is -0.348. The van der Waals surface area contributed by atoms with Gasteiger partial charge in [0.1, 0.15) is 23.8 Å². The minimum Gasteiger partial charge on any atom is -0.340 e. The first-order valence-electron chi connectivity index (χ1n) is 5.65. The molecule has 0 aliphatic rings. The molecule has 3 rings (SSSR count). The SMILES string of the molecule is Fc1ccc(Nc2ncnc3cc(F)ccc23)cc1. The molecular weight excluding hydrogens is 248 g/mol. The first-order chi connectivity index (χ1) is 9.22. The van der Waals surface area contributed by atoms with Gasteiger partial charge in [0, 0.05) is 17.1 Å². The van der Waals surface area contributed by atoms with Gasteiger partial charge in [0.15, 0.2) is 0 Å². The number of hydrogen-bond donors (Lipinski definition) is 1. The van der Waals surface area contributed by atoms with Crippen molar-refractivity contribution < 1.29 is 8.78 Å². The second kappa shape index (κ2) is 4.61. The molecule has 19 heavy (non-hydrogen) atoms. The van der Waals surface area contributed by atoms with Crippen LogP contribution in [-0.4, -0.2) is 9.97 Å². The lowest BCUT2D eigenvalue weighted by atomic mass is 10.2. The van der Waals surface area contributed by atoms with Crippen LogP contribution in [0.15, 0.2) is 48.8 Å². The smallest absolute Gasteiger partial charge is 0.141 e. The van der Waals surface area contributed by atoms with Crippen molar-refractivity contribution in [2.45, 2.75) is 0 Å². The summed E-state index contributed by atoms with van der Waals surface area (Å²) in [6, 6.07) is 10.2. The number of halogens is 2. The van der Waals surface area contributed by atoms with E-state index < -0.39 is 0 Å². The molecule has 3 nitrogen and oxygen atoms in total. The van der Waals surface area contributed by atoms with Crippen LogP contribution in [0.5, 0.6) is 0 Å². The zero-order valence-electron chi connectivity index (χ0n) is 9.77. The number of fused-ring (bicyclic) bond motifs is 1. The molecule has 1 aromatic heterocycles. The van der Waals surface area contributed by atoms with Crippen LogP contribution in [0, 0.1) is 11.6 Å². The van der Waals surface area contributed by atoms with Crippen molar-refractivity contribution in [2.24, 2.45) is 0 Å². The van der Waals surface area contributed by atoms with E-state index in [9.17, 15) is 8.78 Å². The molecule has 1 N–H and O–H groups in total. The number of aromatic nitrogens is 2. The van der Waals surface area contributed by atoms with Gasteiger partial charge in [-0.1, -0.05) is 0 Å². The number of anilines is 2. The fraction of sp³-hybridized carbons (Fsp3) is 0. The van der Waals surface area contributed by atoms with Gasteiger partial charge in [-0.2, -0.15) is 0 Å². The first-order valence-corrected chi connectivity index (χ1v) is 5.65. The first kappa shape index (κ1) is 11.5. The highest BCUT2D eigenvalue weighted by Gasteiger charge is 2.05. The number of hydrogen-bond acceptors (Lipinski definition) is 3. The monoisotopic (exact) mass is 257 g/mol. The van der Waals surface area contributed by atoms with E-state index in [1.54, 1.807) is 18.2 Å². The van der Waals surface area contributed by atoms with Gasteiger partial charge in [-0.25, -0.2) is 18.7 Å². The van der Waals surface area contributed by atoms with Crippen LogP contribution in [-0.2, 0) is 0 Å². The van der Waals surface area contributed by atoms with Crippen molar-refractivity contribution >= 4 is 22.4 Å². The Labute approximate surface area is 107 Å². The second-order valence-corrected chi connectivity index (χ2v) is 4.02. The average molecular weight is 257 g/mol. The van der Waals surface area contributed by atoms with Gasteiger partial charge >= 0.3 is 0 Å². The number of nitrogens with zero attached hydrogens (tertiary/aromatic N) is 2. The third-order valence-corrected chi connectivity index (χ3v) is 2.71.